The average molecular weight is 337 g/mol. The third-order valence-corrected chi connectivity index (χ3v) is 4.15. The number of rotatable bonds is 7. The van der Waals surface area contributed by atoms with Crippen molar-refractivity contribution in [1.82, 2.24) is 14.7 Å². The molecule has 5 nitrogen and oxygen atoms in total. The minimum Gasteiger partial charge on any atom is -0.374 e. The number of carbonyl (C=O) groups is 1. The second kappa shape index (κ2) is 9.11. The molecule has 0 N–H and O–H groups in total. The SMILES string of the molecule is CCN(Cc1cccc(F)c1)C(=O)CN1CCO[C@@H](CN(C)C)C1. The van der Waals surface area contributed by atoms with E-state index in [-0.39, 0.29) is 17.8 Å². The summed E-state index contributed by atoms with van der Waals surface area (Å²) in [5.41, 5.74) is 0.817. The maximum atomic E-state index is 13.3. The van der Waals surface area contributed by atoms with Gasteiger partial charge >= 0.3 is 0 Å². The first-order valence-electron chi connectivity index (χ1n) is 8.48. The van der Waals surface area contributed by atoms with Gasteiger partial charge in [-0.25, -0.2) is 4.39 Å². The van der Waals surface area contributed by atoms with Crippen LogP contribution in [0.1, 0.15) is 12.5 Å². The fourth-order valence-corrected chi connectivity index (χ4v) is 2.97. The molecule has 1 aliphatic rings. The Morgan fingerprint density at radius 1 is 1.42 bits per heavy atom. The first-order valence-corrected chi connectivity index (χ1v) is 8.48. The molecule has 0 aliphatic carbocycles. The van der Waals surface area contributed by atoms with Crippen molar-refractivity contribution in [3.8, 4) is 0 Å². The van der Waals surface area contributed by atoms with Crippen LogP contribution >= 0.6 is 0 Å². The number of morpholine rings is 1. The van der Waals surface area contributed by atoms with Crippen LogP contribution in [-0.2, 0) is 16.1 Å². The van der Waals surface area contributed by atoms with E-state index in [1.165, 1.54) is 12.1 Å². The smallest absolute Gasteiger partial charge is 0.237 e. The topological polar surface area (TPSA) is 36.0 Å². The maximum Gasteiger partial charge on any atom is 0.237 e. The second-order valence-electron chi connectivity index (χ2n) is 6.53. The summed E-state index contributed by atoms with van der Waals surface area (Å²) in [5.74, 6) is -0.192. The molecule has 1 aromatic carbocycles. The molecule has 6 heteroatoms. The van der Waals surface area contributed by atoms with Crippen LogP contribution in [0.2, 0.25) is 0 Å². The van der Waals surface area contributed by atoms with Crippen LogP contribution in [0.25, 0.3) is 0 Å². The summed E-state index contributed by atoms with van der Waals surface area (Å²) in [6, 6.07) is 6.43. The van der Waals surface area contributed by atoms with E-state index in [2.05, 4.69) is 9.80 Å². The maximum absolute atomic E-state index is 13.3. The molecule has 1 fully saturated rings. The van der Waals surface area contributed by atoms with Crippen LogP contribution in [-0.4, -0.2) is 80.1 Å². The average Bonchev–Trinajstić information content (AvgIpc) is 2.52. The van der Waals surface area contributed by atoms with E-state index in [1.54, 1.807) is 11.0 Å². The summed E-state index contributed by atoms with van der Waals surface area (Å²) in [5, 5.41) is 0. The van der Waals surface area contributed by atoms with Crippen molar-refractivity contribution in [3.05, 3.63) is 35.6 Å². The van der Waals surface area contributed by atoms with Crippen molar-refractivity contribution in [2.75, 3.05) is 53.4 Å². The zero-order valence-electron chi connectivity index (χ0n) is 14.9. The zero-order chi connectivity index (χ0) is 17.5. The highest BCUT2D eigenvalue weighted by Gasteiger charge is 2.24. The Bertz CT molecular complexity index is 539. The molecule has 2 rings (SSSR count). The highest BCUT2D eigenvalue weighted by molar-refractivity contribution is 5.78. The van der Waals surface area contributed by atoms with E-state index >= 15 is 0 Å². The van der Waals surface area contributed by atoms with E-state index in [4.69, 9.17) is 4.74 Å². The largest absolute Gasteiger partial charge is 0.374 e. The number of benzene rings is 1. The summed E-state index contributed by atoms with van der Waals surface area (Å²) >= 11 is 0. The van der Waals surface area contributed by atoms with Gasteiger partial charge in [0.25, 0.3) is 0 Å². The van der Waals surface area contributed by atoms with Gasteiger partial charge in [0, 0.05) is 32.7 Å². The molecule has 1 aliphatic heterocycles. The lowest BCUT2D eigenvalue weighted by Crippen LogP contribution is -2.50. The van der Waals surface area contributed by atoms with Crippen molar-refractivity contribution in [3.63, 3.8) is 0 Å². The summed E-state index contributed by atoms with van der Waals surface area (Å²) in [6.45, 7) is 6.43. The summed E-state index contributed by atoms with van der Waals surface area (Å²) in [4.78, 5) is 18.6. The van der Waals surface area contributed by atoms with Crippen molar-refractivity contribution in [2.24, 2.45) is 0 Å². The Kier molecular flexibility index (Phi) is 7.15. The normalized spacial score (nSPS) is 18.8. The van der Waals surface area contributed by atoms with Gasteiger partial charge in [0.05, 0.1) is 19.3 Å². The quantitative estimate of drug-likeness (QED) is 0.754. The molecule has 24 heavy (non-hydrogen) atoms. The molecule has 0 saturated carbocycles. The van der Waals surface area contributed by atoms with E-state index in [9.17, 15) is 9.18 Å². The van der Waals surface area contributed by atoms with E-state index in [1.807, 2.05) is 27.1 Å². The predicted octanol–water partition coefficient (Wildman–Crippen LogP) is 1.44. The number of hydrogen-bond acceptors (Lipinski definition) is 4. The lowest BCUT2D eigenvalue weighted by molar-refractivity contribution is -0.135. The molecule has 0 radical (unpaired) electrons. The molecule has 0 bridgehead atoms. The Labute approximate surface area is 144 Å². The summed E-state index contributed by atoms with van der Waals surface area (Å²) in [7, 11) is 4.04. The van der Waals surface area contributed by atoms with Gasteiger partial charge in [-0.2, -0.15) is 0 Å². The Hall–Kier alpha value is -1.50. The van der Waals surface area contributed by atoms with E-state index < -0.39 is 0 Å². The number of amides is 1. The number of ether oxygens (including phenoxy) is 1. The van der Waals surface area contributed by atoms with E-state index in [0.717, 1.165) is 25.2 Å². The molecule has 1 aromatic rings. The summed E-state index contributed by atoms with van der Waals surface area (Å²) in [6.07, 6.45) is 0.139. The summed E-state index contributed by atoms with van der Waals surface area (Å²) < 4.78 is 19.1. The van der Waals surface area contributed by atoms with Crippen molar-refractivity contribution >= 4 is 5.91 Å². The number of halogens is 1. The Morgan fingerprint density at radius 2 is 2.21 bits per heavy atom. The first kappa shape index (κ1) is 18.8. The molecule has 1 heterocycles. The molecule has 0 unspecified atom stereocenters. The van der Waals surface area contributed by atoms with Gasteiger partial charge in [-0.3, -0.25) is 9.69 Å². The van der Waals surface area contributed by atoms with Crippen LogP contribution in [0, 0.1) is 5.82 Å². The fraction of sp³-hybridized carbons (Fsp3) is 0.611. The van der Waals surface area contributed by atoms with Crippen LogP contribution in [0.3, 0.4) is 0 Å². The van der Waals surface area contributed by atoms with Gasteiger partial charge in [0.1, 0.15) is 5.82 Å². The molecule has 1 saturated heterocycles. The third kappa shape index (κ3) is 5.85. The number of likely N-dealkylation sites (N-methyl/N-ethyl adjacent to an activating group) is 2. The number of nitrogens with zero attached hydrogens (tertiary/aromatic N) is 3. The van der Waals surface area contributed by atoms with Crippen LogP contribution in [0.5, 0.6) is 0 Å². The predicted molar refractivity (Wildman–Crippen MR) is 92.2 cm³/mol. The van der Waals surface area contributed by atoms with Gasteiger partial charge in [-0.15, -0.1) is 0 Å². The fourth-order valence-electron chi connectivity index (χ4n) is 2.97. The van der Waals surface area contributed by atoms with Gasteiger partial charge in [0.15, 0.2) is 0 Å². The minimum absolute atomic E-state index is 0.0762. The molecule has 0 spiro atoms. The van der Waals surface area contributed by atoms with Crippen molar-refractivity contribution in [1.29, 1.82) is 0 Å². The number of hydrogen-bond donors (Lipinski definition) is 0. The van der Waals surface area contributed by atoms with Gasteiger partial charge in [-0.05, 0) is 38.7 Å². The van der Waals surface area contributed by atoms with Crippen molar-refractivity contribution < 1.29 is 13.9 Å². The highest BCUT2D eigenvalue weighted by atomic mass is 19.1. The molecular weight excluding hydrogens is 309 g/mol. The molecular formula is C18H28FN3O2. The second-order valence-corrected chi connectivity index (χ2v) is 6.53. The van der Waals surface area contributed by atoms with Crippen LogP contribution in [0.4, 0.5) is 4.39 Å². The molecule has 1 atom stereocenters. The van der Waals surface area contributed by atoms with Crippen LogP contribution in [0.15, 0.2) is 24.3 Å². The highest BCUT2D eigenvalue weighted by Crippen LogP contribution is 2.10. The van der Waals surface area contributed by atoms with Gasteiger partial charge in [0.2, 0.25) is 5.91 Å². The third-order valence-electron chi connectivity index (χ3n) is 4.15. The van der Waals surface area contributed by atoms with Gasteiger partial charge in [-0.1, -0.05) is 12.1 Å². The lowest BCUT2D eigenvalue weighted by Gasteiger charge is -2.34. The molecule has 0 aromatic heterocycles. The molecule has 134 valence electrons. The zero-order valence-corrected chi connectivity index (χ0v) is 14.9. The van der Waals surface area contributed by atoms with E-state index in [0.29, 0.717) is 26.2 Å². The Morgan fingerprint density at radius 3 is 2.88 bits per heavy atom. The first-order chi connectivity index (χ1) is 11.5. The monoisotopic (exact) mass is 337 g/mol. The minimum atomic E-state index is -0.268. The lowest BCUT2D eigenvalue weighted by atomic mass is 10.2. The van der Waals surface area contributed by atoms with Crippen molar-refractivity contribution in [2.45, 2.75) is 19.6 Å². The van der Waals surface area contributed by atoms with Gasteiger partial charge < -0.3 is 14.5 Å². The molecule has 1 amide bonds. The number of carbonyl (C=O) groups excluding carboxylic acids is 1. The standard InChI is InChI=1S/C18H28FN3O2/c1-4-22(11-15-6-5-7-16(19)10-15)18(23)14-21-8-9-24-17(13-21)12-20(2)3/h5-7,10,17H,4,8-9,11-14H2,1-3H3/t17-/m0/s1. The Balaban J connectivity index is 1.89. The van der Waals surface area contributed by atoms with Crippen LogP contribution < -0.4 is 0 Å².